The van der Waals surface area contributed by atoms with Crippen molar-refractivity contribution in [3.63, 3.8) is 0 Å². The Kier molecular flexibility index (Phi) is 9.40. The fourth-order valence-electron chi connectivity index (χ4n) is 2.32. The Morgan fingerprint density at radius 3 is 2.00 bits per heavy atom. The van der Waals surface area contributed by atoms with Crippen LogP contribution in [0.4, 0.5) is 0 Å². The molecular weight excluding hydrogens is 298 g/mol. The largest absolute Gasteiger partial charge is 0.478 e. The molecule has 0 aromatic heterocycles. The van der Waals surface area contributed by atoms with Crippen molar-refractivity contribution in [2.75, 3.05) is 21.1 Å². The molecule has 0 rings (SSSR count). The highest BCUT2D eigenvalue weighted by molar-refractivity contribution is 5.89. The predicted molar refractivity (Wildman–Crippen MR) is 90.0 cm³/mol. The van der Waals surface area contributed by atoms with Crippen LogP contribution < -0.4 is 16.0 Å². The van der Waals surface area contributed by atoms with E-state index in [1.54, 1.807) is 21.1 Å². The van der Waals surface area contributed by atoms with Crippen molar-refractivity contribution in [3.8, 4) is 0 Å². The third-order valence-electron chi connectivity index (χ3n) is 4.01. The summed E-state index contributed by atoms with van der Waals surface area (Å²) >= 11 is 0. The van der Waals surface area contributed by atoms with E-state index >= 15 is 0 Å². The average molecular weight is 327 g/mol. The van der Waals surface area contributed by atoms with Crippen LogP contribution in [-0.4, -0.2) is 49.1 Å². The van der Waals surface area contributed by atoms with Gasteiger partial charge in [0.2, 0.25) is 0 Å². The molecule has 7 nitrogen and oxygen atoms in total. The third kappa shape index (κ3) is 6.52. The summed E-state index contributed by atoms with van der Waals surface area (Å²) in [5.74, 6) is -3.51. The Balaban J connectivity index is 5.64. The van der Waals surface area contributed by atoms with Crippen LogP contribution in [0, 0.1) is 5.92 Å². The number of carbonyl (C=O) groups is 2. The van der Waals surface area contributed by atoms with Gasteiger partial charge < -0.3 is 10.2 Å². The van der Waals surface area contributed by atoms with E-state index in [-0.39, 0.29) is 11.1 Å². The van der Waals surface area contributed by atoms with Crippen molar-refractivity contribution >= 4 is 11.9 Å². The van der Waals surface area contributed by atoms with Gasteiger partial charge in [-0.2, -0.15) is 0 Å². The molecule has 7 heteroatoms. The van der Waals surface area contributed by atoms with Crippen molar-refractivity contribution in [1.29, 1.82) is 0 Å². The van der Waals surface area contributed by atoms with E-state index in [2.05, 4.69) is 22.5 Å². The van der Waals surface area contributed by atoms with Gasteiger partial charge in [0.1, 0.15) is 5.79 Å². The second-order valence-electron chi connectivity index (χ2n) is 5.40. The molecule has 1 unspecified atom stereocenters. The molecule has 0 aliphatic carbocycles. The summed E-state index contributed by atoms with van der Waals surface area (Å²) in [6.07, 6.45) is 3.81. The molecule has 132 valence electrons. The number of hydrogen-bond acceptors (Lipinski definition) is 5. The quantitative estimate of drug-likeness (QED) is 0.270. The Morgan fingerprint density at radius 2 is 1.65 bits per heavy atom. The number of carboxylic acid groups (broad SMARTS) is 2. The smallest absolute Gasteiger partial charge is 0.331 e. The van der Waals surface area contributed by atoms with Gasteiger partial charge in [-0.3, -0.25) is 16.0 Å². The average Bonchev–Trinajstić information content (AvgIpc) is 2.53. The Labute approximate surface area is 137 Å². The Morgan fingerprint density at radius 1 is 1.13 bits per heavy atom. The van der Waals surface area contributed by atoms with Crippen molar-refractivity contribution in [3.05, 3.63) is 23.8 Å². The van der Waals surface area contributed by atoms with E-state index in [9.17, 15) is 19.8 Å². The van der Waals surface area contributed by atoms with Gasteiger partial charge in [-0.25, -0.2) is 9.59 Å². The molecule has 1 atom stereocenters. The lowest BCUT2D eigenvalue weighted by molar-refractivity contribution is -0.134. The maximum Gasteiger partial charge on any atom is 0.331 e. The molecule has 0 saturated heterocycles. The number of allylic oxidation sites excluding steroid dienone is 1. The minimum Gasteiger partial charge on any atom is -0.478 e. The zero-order valence-electron chi connectivity index (χ0n) is 14.4. The summed E-state index contributed by atoms with van der Waals surface area (Å²) in [6.45, 7) is 5.59. The summed E-state index contributed by atoms with van der Waals surface area (Å²) in [5, 5.41) is 27.8. The van der Waals surface area contributed by atoms with Crippen molar-refractivity contribution in [1.82, 2.24) is 16.0 Å². The van der Waals surface area contributed by atoms with Crippen LogP contribution in [0.5, 0.6) is 0 Å². The molecule has 23 heavy (non-hydrogen) atoms. The van der Waals surface area contributed by atoms with Crippen LogP contribution in [0.1, 0.15) is 32.6 Å². The molecule has 0 saturated carbocycles. The topological polar surface area (TPSA) is 111 Å². The van der Waals surface area contributed by atoms with Crippen LogP contribution >= 0.6 is 0 Å². The molecule has 0 fully saturated rings. The first-order valence-electron chi connectivity index (χ1n) is 7.69. The summed E-state index contributed by atoms with van der Waals surface area (Å²) in [5.41, 5.74) is 0.182. The standard InChI is InChI=1S/C16H29N3O4/c1-6-7-8-12(15(22)23)9-13(11(2)14(20)21)10-16(17-3,18-4)19-5/h9,13,17-19H,2,6-8,10H2,1,3-5H3,(H,20,21)(H,22,23). The normalized spacial score (nSPS) is 13.7. The van der Waals surface area contributed by atoms with Gasteiger partial charge >= 0.3 is 11.9 Å². The number of nitrogens with one attached hydrogen (secondary N) is 3. The fraction of sp³-hybridized carbons (Fsp3) is 0.625. The number of carboxylic acids is 2. The summed E-state index contributed by atoms with van der Waals surface area (Å²) < 4.78 is 0. The van der Waals surface area contributed by atoms with Crippen LogP contribution in [0.15, 0.2) is 23.8 Å². The summed E-state index contributed by atoms with van der Waals surface area (Å²) in [7, 11) is 5.19. The maximum absolute atomic E-state index is 11.4. The zero-order valence-corrected chi connectivity index (χ0v) is 14.4. The van der Waals surface area contributed by atoms with Gasteiger partial charge in [0.15, 0.2) is 0 Å². The number of aliphatic carboxylic acids is 2. The lowest BCUT2D eigenvalue weighted by Gasteiger charge is -2.35. The SMILES string of the molecule is C=C(C(=O)O)C(C=C(CCCC)C(=O)O)CC(NC)(NC)NC. The molecule has 0 amide bonds. The van der Waals surface area contributed by atoms with E-state index in [0.29, 0.717) is 12.8 Å². The van der Waals surface area contributed by atoms with Crippen molar-refractivity contribution in [2.45, 2.75) is 38.4 Å². The number of hydrogen-bond donors (Lipinski definition) is 5. The second kappa shape index (κ2) is 10.1. The second-order valence-corrected chi connectivity index (χ2v) is 5.40. The lowest BCUT2D eigenvalue weighted by Crippen LogP contribution is -2.64. The van der Waals surface area contributed by atoms with Gasteiger partial charge in [-0.1, -0.05) is 26.0 Å². The molecule has 0 heterocycles. The molecule has 0 aliphatic heterocycles. The van der Waals surface area contributed by atoms with Gasteiger partial charge in [0, 0.05) is 23.5 Å². The van der Waals surface area contributed by atoms with Crippen molar-refractivity contribution in [2.24, 2.45) is 5.92 Å². The highest BCUT2D eigenvalue weighted by atomic mass is 16.4. The molecule has 0 radical (unpaired) electrons. The molecule has 0 bridgehead atoms. The fourth-order valence-corrected chi connectivity index (χ4v) is 2.32. The first kappa shape index (κ1) is 21.3. The predicted octanol–water partition coefficient (Wildman–Crippen LogP) is 1.15. The molecule has 0 aliphatic rings. The van der Waals surface area contributed by atoms with Gasteiger partial charge in [0.25, 0.3) is 0 Å². The van der Waals surface area contributed by atoms with Crippen LogP contribution in [0.3, 0.4) is 0 Å². The minimum absolute atomic E-state index is 0.0367. The highest BCUT2D eigenvalue weighted by Gasteiger charge is 2.31. The monoisotopic (exact) mass is 327 g/mol. The zero-order chi connectivity index (χ0) is 18.0. The molecule has 0 spiro atoms. The number of unbranched alkanes of at least 4 members (excludes halogenated alkanes) is 1. The van der Waals surface area contributed by atoms with E-state index in [1.165, 1.54) is 6.08 Å². The molecule has 0 aromatic carbocycles. The molecule has 5 N–H and O–H groups in total. The summed E-state index contributed by atoms with van der Waals surface area (Å²) in [6, 6.07) is 0. The van der Waals surface area contributed by atoms with E-state index < -0.39 is 23.6 Å². The van der Waals surface area contributed by atoms with Crippen LogP contribution in [0.25, 0.3) is 0 Å². The first-order chi connectivity index (χ1) is 10.8. The third-order valence-corrected chi connectivity index (χ3v) is 4.01. The molecular formula is C16H29N3O4. The summed E-state index contributed by atoms with van der Waals surface area (Å²) in [4.78, 5) is 22.7. The van der Waals surface area contributed by atoms with Gasteiger partial charge in [-0.15, -0.1) is 0 Å². The molecule has 0 aromatic rings. The number of rotatable bonds is 12. The van der Waals surface area contributed by atoms with E-state index in [0.717, 1.165) is 12.8 Å². The van der Waals surface area contributed by atoms with Crippen molar-refractivity contribution < 1.29 is 19.8 Å². The van der Waals surface area contributed by atoms with E-state index in [4.69, 9.17) is 0 Å². The van der Waals surface area contributed by atoms with Gasteiger partial charge in [-0.05, 0) is 34.0 Å². The van der Waals surface area contributed by atoms with Gasteiger partial charge in [0.05, 0.1) is 0 Å². The van der Waals surface area contributed by atoms with Crippen LogP contribution in [0.2, 0.25) is 0 Å². The Bertz CT molecular complexity index is 448. The first-order valence-corrected chi connectivity index (χ1v) is 7.69. The maximum atomic E-state index is 11.4. The van der Waals surface area contributed by atoms with E-state index in [1.807, 2.05) is 6.92 Å². The van der Waals surface area contributed by atoms with Crippen LogP contribution in [-0.2, 0) is 9.59 Å². The Hall–Kier alpha value is -1.70. The highest BCUT2D eigenvalue weighted by Crippen LogP contribution is 2.24. The lowest BCUT2D eigenvalue weighted by atomic mass is 9.89. The minimum atomic E-state index is -1.14.